The Kier molecular flexibility index (Phi) is 3.42. The molecule has 7 nitrogen and oxygen atoms in total. The molecule has 1 fully saturated rings. The van der Waals surface area contributed by atoms with Crippen LogP contribution >= 0.6 is 0 Å². The molecule has 112 valence electrons. The number of carbonyl (C=O) groups is 2. The number of fused-ring (bicyclic) bond motifs is 1. The average Bonchev–Trinajstić information content (AvgIpc) is 3.03. The molecule has 2 aliphatic heterocycles. The second kappa shape index (κ2) is 5.25. The highest BCUT2D eigenvalue weighted by Gasteiger charge is 2.35. The number of likely N-dealkylation sites (N-methyl/N-ethyl adjacent to an activating group) is 2. The van der Waals surface area contributed by atoms with E-state index in [1.54, 1.807) is 14.1 Å². The number of hydrogen-bond acceptors (Lipinski definition) is 5. The van der Waals surface area contributed by atoms with Crippen LogP contribution in [-0.2, 0) is 4.79 Å². The molecule has 1 aromatic rings. The van der Waals surface area contributed by atoms with Crippen LogP contribution < -0.4 is 14.8 Å². The van der Waals surface area contributed by atoms with Crippen molar-refractivity contribution in [3.63, 3.8) is 0 Å². The van der Waals surface area contributed by atoms with Gasteiger partial charge in [0.25, 0.3) is 0 Å². The SMILES string of the molecule is CNC(CN1C(=O)CN(C)C1=O)c1ccc2c(c1)OCO2. The highest BCUT2D eigenvalue weighted by atomic mass is 16.7. The van der Waals surface area contributed by atoms with Crippen LogP contribution in [0.5, 0.6) is 11.5 Å². The highest BCUT2D eigenvalue weighted by molar-refractivity contribution is 6.01. The summed E-state index contributed by atoms with van der Waals surface area (Å²) < 4.78 is 10.6. The van der Waals surface area contributed by atoms with Crippen molar-refractivity contribution in [1.82, 2.24) is 15.1 Å². The van der Waals surface area contributed by atoms with Crippen molar-refractivity contribution in [3.05, 3.63) is 23.8 Å². The lowest BCUT2D eigenvalue weighted by atomic mass is 10.1. The van der Waals surface area contributed by atoms with Gasteiger partial charge in [-0.1, -0.05) is 6.07 Å². The number of rotatable bonds is 4. The molecule has 0 radical (unpaired) electrons. The van der Waals surface area contributed by atoms with E-state index in [1.165, 1.54) is 9.80 Å². The number of nitrogens with zero attached hydrogens (tertiary/aromatic N) is 2. The number of amides is 3. The molecule has 0 saturated carbocycles. The van der Waals surface area contributed by atoms with Crippen molar-refractivity contribution >= 4 is 11.9 Å². The van der Waals surface area contributed by atoms with Crippen molar-refractivity contribution in [1.29, 1.82) is 0 Å². The minimum atomic E-state index is -0.263. The van der Waals surface area contributed by atoms with Crippen LogP contribution in [0.1, 0.15) is 11.6 Å². The fraction of sp³-hybridized carbons (Fsp3) is 0.429. The minimum Gasteiger partial charge on any atom is -0.454 e. The third kappa shape index (κ3) is 2.40. The summed E-state index contributed by atoms with van der Waals surface area (Å²) in [4.78, 5) is 26.5. The first-order valence-electron chi connectivity index (χ1n) is 6.72. The largest absolute Gasteiger partial charge is 0.454 e. The molecule has 1 saturated heterocycles. The van der Waals surface area contributed by atoms with E-state index in [2.05, 4.69) is 5.32 Å². The standard InChI is InChI=1S/C14H17N3O4/c1-15-10(6-17-13(18)7-16(2)14(17)19)9-3-4-11-12(5-9)21-8-20-11/h3-5,10,15H,6-8H2,1-2H3. The van der Waals surface area contributed by atoms with E-state index in [9.17, 15) is 9.59 Å². The zero-order valence-electron chi connectivity index (χ0n) is 12.0. The molecule has 2 heterocycles. The molecule has 0 bridgehead atoms. The van der Waals surface area contributed by atoms with E-state index in [0.717, 1.165) is 5.56 Å². The van der Waals surface area contributed by atoms with E-state index in [1.807, 2.05) is 18.2 Å². The van der Waals surface area contributed by atoms with Crippen molar-refractivity contribution in [2.45, 2.75) is 6.04 Å². The Morgan fingerprint density at radius 3 is 2.71 bits per heavy atom. The normalized spacial score (nSPS) is 18.6. The predicted molar refractivity (Wildman–Crippen MR) is 74.1 cm³/mol. The van der Waals surface area contributed by atoms with E-state index >= 15 is 0 Å². The topological polar surface area (TPSA) is 71.1 Å². The molecule has 1 N–H and O–H groups in total. The smallest absolute Gasteiger partial charge is 0.327 e. The van der Waals surface area contributed by atoms with Crippen molar-refractivity contribution in [2.75, 3.05) is 34.0 Å². The predicted octanol–water partition coefficient (Wildman–Crippen LogP) is 0.570. The van der Waals surface area contributed by atoms with Gasteiger partial charge in [-0.3, -0.25) is 9.69 Å². The minimum absolute atomic E-state index is 0.135. The van der Waals surface area contributed by atoms with Gasteiger partial charge in [-0.15, -0.1) is 0 Å². The Balaban J connectivity index is 1.79. The maximum Gasteiger partial charge on any atom is 0.327 e. The van der Waals surface area contributed by atoms with Gasteiger partial charge in [-0.2, -0.15) is 0 Å². The summed E-state index contributed by atoms with van der Waals surface area (Å²) in [6.45, 7) is 0.644. The third-order valence-electron chi connectivity index (χ3n) is 3.74. The number of benzene rings is 1. The first-order chi connectivity index (χ1) is 10.1. The second-order valence-electron chi connectivity index (χ2n) is 5.10. The fourth-order valence-electron chi connectivity index (χ4n) is 2.52. The molecule has 21 heavy (non-hydrogen) atoms. The van der Waals surface area contributed by atoms with Crippen LogP contribution in [0.2, 0.25) is 0 Å². The maximum absolute atomic E-state index is 11.9. The summed E-state index contributed by atoms with van der Waals surface area (Å²) in [5.74, 6) is 1.22. The molecule has 3 rings (SSSR count). The summed E-state index contributed by atoms with van der Waals surface area (Å²) in [7, 11) is 3.42. The molecule has 3 amide bonds. The van der Waals surface area contributed by atoms with Gasteiger partial charge in [0.2, 0.25) is 12.7 Å². The molecular weight excluding hydrogens is 274 g/mol. The summed E-state index contributed by atoms with van der Waals surface area (Å²) >= 11 is 0. The maximum atomic E-state index is 11.9. The van der Waals surface area contributed by atoms with E-state index in [4.69, 9.17) is 9.47 Å². The fourth-order valence-corrected chi connectivity index (χ4v) is 2.52. The summed E-state index contributed by atoms with van der Waals surface area (Å²) in [6, 6.07) is 5.20. The van der Waals surface area contributed by atoms with Gasteiger partial charge in [-0.25, -0.2) is 4.79 Å². The molecule has 0 spiro atoms. The van der Waals surface area contributed by atoms with Gasteiger partial charge in [0.1, 0.15) is 6.54 Å². The summed E-state index contributed by atoms with van der Waals surface area (Å²) in [5.41, 5.74) is 0.942. The van der Waals surface area contributed by atoms with Crippen molar-refractivity contribution in [3.8, 4) is 11.5 Å². The van der Waals surface area contributed by atoms with Gasteiger partial charge < -0.3 is 19.7 Å². The highest BCUT2D eigenvalue weighted by Crippen LogP contribution is 2.34. The second-order valence-corrected chi connectivity index (χ2v) is 5.10. The Morgan fingerprint density at radius 2 is 2.05 bits per heavy atom. The van der Waals surface area contributed by atoms with E-state index in [-0.39, 0.29) is 37.9 Å². The van der Waals surface area contributed by atoms with Crippen molar-refractivity contribution in [2.24, 2.45) is 0 Å². The van der Waals surface area contributed by atoms with Gasteiger partial charge in [-0.05, 0) is 24.7 Å². The van der Waals surface area contributed by atoms with Crippen LogP contribution in [0, 0.1) is 0 Å². The molecular formula is C14H17N3O4. The number of imide groups is 1. The number of hydrogen-bond donors (Lipinski definition) is 1. The van der Waals surface area contributed by atoms with Crippen LogP contribution in [0.3, 0.4) is 0 Å². The number of nitrogens with one attached hydrogen (secondary N) is 1. The first kappa shape index (κ1) is 13.7. The van der Waals surface area contributed by atoms with Gasteiger partial charge >= 0.3 is 6.03 Å². The average molecular weight is 291 g/mol. The Bertz CT molecular complexity index is 590. The third-order valence-corrected chi connectivity index (χ3v) is 3.74. The van der Waals surface area contributed by atoms with Crippen LogP contribution in [0.25, 0.3) is 0 Å². The summed E-state index contributed by atoms with van der Waals surface area (Å²) in [5, 5.41) is 3.13. The van der Waals surface area contributed by atoms with Gasteiger partial charge in [0, 0.05) is 13.6 Å². The number of carbonyl (C=O) groups excluding carboxylic acids is 2. The Labute approximate surface area is 122 Å². The van der Waals surface area contributed by atoms with E-state index < -0.39 is 0 Å². The zero-order chi connectivity index (χ0) is 15.0. The first-order valence-corrected chi connectivity index (χ1v) is 6.72. The van der Waals surface area contributed by atoms with Gasteiger partial charge in [0.15, 0.2) is 11.5 Å². The molecule has 2 aliphatic rings. The molecule has 1 unspecified atom stereocenters. The molecule has 0 aromatic heterocycles. The van der Waals surface area contributed by atoms with Crippen LogP contribution in [0.4, 0.5) is 4.79 Å². The van der Waals surface area contributed by atoms with Gasteiger partial charge in [0.05, 0.1) is 6.04 Å². The monoisotopic (exact) mass is 291 g/mol. The Morgan fingerprint density at radius 1 is 1.29 bits per heavy atom. The summed E-state index contributed by atoms with van der Waals surface area (Å²) in [6.07, 6.45) is 0. The lowest BCUT2D eigenvalue weighted by molar-refractivity contribution is -0.125. The number of ether oxygens (including phenoxy) is 2. The molecule has 0 aliphatic carbocycles. The lowest BCUT2D eigenvalue weighted by Gasteiger charge is -2.22. The van der Waals surface area contributed by atoms with E-state index in [0.29, 0.717) is 11.5 Å². The Hall–Kier alpha value is -2.28. The molecule has 1 aromatic carbocycles. The quantitative estimate of drug-likeness (QED) is 0.821. The lowest BCUT2D eigenvalue weighted by Crippen LogP contribution is -2.38. The van der Waals surface area contributed by atoms with Crippen LogP contribution in [-0.4, -0.2) is 55.7 Å². The molecule has 1 atom stereocenters. The van der Waals surface area contributed by atoms with Crippen molar-refractivity contribution < 1.29 is 19.1 Å². The van der Waals surface area contributed by atoms with Crippen LogP contribution in [0.15, 0.2) is 18.2 Å². The number of urea groups is 1. The zero-order valence-corrected chi connectivity index (χ0v) is 12.0. The molecule has 7 heteroatoms.